The van der Waals surface area contributed by atoms with Gasteiger partial charge in [0.25, 0.3) is 6.43 Å². The zero-order valence-electron chi connectivity index (χ0n) is 9.47. The van der Waals surface area contributed by atoms with E-state index in [4.69, 9.17) is 11.6 Å². The standard InChI is InChI=1S/C11H8ClF5OS/c1-5(18)9(12)6-2-3-7(10(13)14)8(4-6)19-11(15,16)17/h2-4,9-10H,1H3. The number of thioether (sulfide) groups is 1. The van der Waals surface area contributed by atoms with Crippen molar-refractivity contribution in [3.8, 4) is 0 Å². The van der Waals surface area contributed by atoms with Gasteiger partial charge in [0, 0.05) is 10.5 Å². The third-order valence-corrected chi connectivity index (χ3v) is 3.51. The van der Waals surface area contributed by atoms with Gasteiger partial charge in [0.1, 0.15) is 5.38 Å². The van der Waals surface area contributed by atoms with E-state index in [9.17, 15) is 26.7 Å². The van der Waals surface area contributed by atoms with Gasteiger partial charge in [0.2, 0.25) is 0 Å². The summed E-state index contributed by atoms with van der Waals surface area (Å²) in [5.74, 6) is -0.477. The first-order valence-electron chi connectivity index (χ1n) is 4.94. The van der Waals surface area contributed by atoms with Crippen LogP contribution in [0.3, 0.4) is 0 Å². The van der Waals surface area contributed by atoms with Gasteiger partial charge < -0.3 is 0 Å². The molecule has 0 spiro atoms. The molecule has 0 saturated carbocycles. The summed E-state index contributed by atoms with van der Waals surface area (Å²) in [6.07, 6.45) is -3.04. The van der Waals surface area contributed by atoms with E-state index in [1.807, 2.05) is 0 Å². The molecule has 0 N–H and O–H groups in total. The van der Waals surface area contributed by atoms with Crippen molar-refractivity contribution >= 4 is 29.1 Å². The van der Waals surface area contributed by atoms with Gasteiger partial charge in [-0.2, -0.15) is 13.2 Å². The zero-order valence-corrected chi connectivity index (χ0v) is 11.0. The smallest absolute Gasteiger partial charge is 0.298 e. The molecule has 1 rings (SSSR count). The summed E-state index contributed by atoms with van der Waals surface area (Å²) in [5.41, 5.74) is -5.37. The molecule has 1 aromatic rings. The van der Waals surface area contributed by atoms with E-state index in [2.05, 4.69) is 0 Å². The van der Waals surface area contributed by atoms with Crippen molar-refractivity contribution in [2.75, 3.05) is 0 Å². The average Bonchev–Trinajstić information content (AvgIpc) is 2.25. The van der Waals surface area contributed by atoms with Gasteiger partial charge in [-0.3, -0.25) is 4.79 Å². The molecule has 106 valence electrons. The molecule has 1 atom stereocenters. The molecule has 0 radical (unpaired) electrons. The molecule has 0 fully saturated rings. The molecule has 0 aliphatic rings. The summed E-state index contributed by atoms with van der Waals surface area (Å²) in [6, 6.07) is 2.85. The third kappa shape index (κ3) is 4.65. The fraction of sp³-hybridized carbons (Fsp3) is 0.364. The summed E-state index contributed by atoms with van der Waals surface area (Å²) >= 11 is 5.04. The maximum Gasteiger partial charge on any atom is 0.446 e. The fourth-order valence-electron chi connectivity index (χ4n) is 1.34. The van der Waals surface area contributed by atoms with E-state index in [1.54, 1.807) is 0 Å². The first kappa shape index (κ1) is 16.2. The number of ketones is 1. The number of hydrogen-bond acceptors (Lipinski definition) is 2. The molecule has 8 heteroatoms. The van der Waals surface area contributed by atoms with Crippen molar-refractivity contribution in [3.05, 3.63) is 29.3 Å². The van der Waals surface area contributed by atoms with Gasteiger partial charge in [-0.15, -0.1) is 11.6 Å². The minimum absolute atomic E-state index is 0.0605. The summed E-state index contributed by atoms with van der Waals surface area (Å²) < 4.78 is 62.1. The number of Topliss-reactive ketones (excluding diaryl/α,β-unsaturated/α-hetero) is 1. The molecule has 1 nitrogen and oxygen atoms in total. The van der Waals surface area contributed by atoms with E-state index in [-0.39, 0.29) is 5.56 Å². The zero-order chi connectivity index (χ0) is 14.8. The highest BCUT2D eigenvalue weighted by molar-refractivity contribution is 8.00. The van der Waals surface area contributed by atoms with E-state index in [0.29, 0.717) is 0 Å². The number of alkyl halides is 6. The van der Waals surface area contributed by atoms with Crippen LogP contribution in [0.1, 0.15) is 29.9 Å². The van der Waals surface area contributed by atoms with Crippen LogP contribution in [0.25, 0.3) is 0 Å². The Labute approximate surface area is 115 Å². The largest absolute Gasteiger partial charge is 0.446 e. The Hall–Kier alpha value is -0.820. The molecule has 0 aliphatic heterocycles. The maximum absolute atomic E-state index is 12.6. The van der Waals surface area contributed by atoms with Gasteiger partial charge in [-0.25, -0.2) is 8.78 Å². The number of carbonyl (C=O) groups excluding carboxylic acids is 1. The summed E-state index contributed by atoms with van der Waals surface area (Å²) in [7, 11) is 0. The lowest BCUT2D eigenvalue weighted by Gasteiger charge is -2.14. The van der Waals surface area contributed by atoms with Crippen molar-refractivity contribution in [1.82, 2.24) is 0 Å². The SMILES string of the molecule is CC(=O)C(Cl)c1ccc(C(F)F)c(SC(F)(F)F)c1. The molecule has 0 saturated heterocycles. The van der Waals surface area contributed by atoms with Crippen LogP contribution >= 0.6 is 23.4 Å². The van der Waals surface area contributed by atoms with Gasteiger partial charge in [-0.05, 0) is 30.3 Å². The van der Waals surface area contributed by atoms with Crippen LogP contribution in [0.2, 0.25) is 0 Å². The lowest BCUT2D eigenvalue weighted by Crippen LogP contribution is -2.05. The van der Waals surface area contributed by atoms with Crippen LogP contribution in [0, 0.1) is 0 Å². The van der Waals surface area contributed by atoms with Crippen LogP contribution in [-0.4, -0.2) is 11.3 Å². The molecule has 0 bridgehead atoms. The molecule has 0 heterocycles. The number of benzene rings is 1. The molecular weight excluding hydrogens is 311 g/mol. The topological polar surface area (TPSA) is 17.1 Å². The Morgan fingerprint density at radius 3 is 2.32 bits per heavy atom. The van der Waals surface area contributed by atoms with Crippen molar-refractivity contribution in [2.24, 2.45) is 0 Å². The highest BCUT2D eigenvalue weighted by Crippen LogP contribution is 2.42. The first-order valence-corrected chi connectivity index (χ1v) is 6.19. The molecule has 0 aromatic heterocycles. The molecule has 1 unspecified atom stereocenters. The Morgan fingerprint density at radius 2 is 1.89 bits per heavy atom. The second-order valence-corrected chi connectivity index (χ2v) is 5.16. The minimum Gasteiger partial charge on any atom is -0.298 e. The predicted octanol–water partition coefficient (Wildman–Crippen LogP) is 5.11. The van der Waals surface area contributed by atoms with Crippen LogP contribution in [-0.2, 0) is 4.79 Å². The highest BCUT2D eigenvalue weighted by Gasteiger charge is 2.32. The highest BCUT2D eigenvalue weighted by atomic mass is 35.5. The maximum atomic E-state index is 12.6. The van der Waals surface area contributed by atoms with Crippen molar-refractivity contribution < 1.29 is 26.7 Å². The fourth-order valence-corrected chi connectivity index (χ4v) is 2.19. The van der Waals surface area contributed by atoms with Crippen LogP contribution in [0.5, 0.6) is 0 Å². The Bertz CT molecular complexity index is 475. The Morgan fingerprint density at radius 1 is 1.32 bits per heavy atom. The predicted molar refractivity (Wildman–Crippen MR) is 62.6 cm³/mol. The van der Waals surface area contributed by atoms with Gasteiger partial charge in [0.15, 0.2) is 5.78 Å². The third-order valence-electron chi connectivity index (χ3n) is 2.15. The monoisotopic (exact) mass is 318 g/mol. The average molecular weight is 319 g/mol. The van der Waals surface area contributed by atoms with Crippen molar-refractivity contribution in [2.45, 2.75) is 29.1 Å². The lowest BCUT2D eigenvalue weighted by atomic mass is 10.1. The van der Waals surface area contributed by atoms with Crippen LogP contribution < -0.4 is 0 Å². The van der Waals surface area contributed by atoms with Crippen LogP contribution in [0.15, 0.2) is 23.1 Å². The van der Waals surface area contributed by atoms with Crippen LogP contribution in [0.4, 0.5) is 22.0 Å². The second kappa shape index (κ2) is 6.09. The van der Waals surface area contributed by atoms with E-state index in [1.165, 1.54) is 0 Å². The molecule has 1 aromatic carbocycles. The molecular formula is C11H8ClF5OS. The minimum atomic E-state index is -4.69. The van der Waals surface area contributed by atoms with Gasteiger partial charge in [0.05, 0.1) is 0 Å². The summed E-state index contributed by atoms with van der Waals surface area (Å²) in [6.45, 7) is 1.16. The lowest BCUT2D eigenvalue weighted by molar-refractivity contribution is -0.116. The van der Waals surface area contributed by atoms with Gasteiger partial charge in [-0.1, -0.05) is 12.1 Å². The second-order valence-electron chi connectivity index (χ2n) is 3.62. The van der Waals surface area contributed by atoms with Crippen molar-refractivity contribution in [1.29, 1.82) is 0 Å². The van der Waals surface area contributed by atoms with Crippen molar-refractivity contribution in [3.63, 3.8) is 0 Å². The molecule has 0 amide bonds. The Kier molecular flexibility index (Phi) is 5.20. The quantitative estimate of drug-likeness (QED) is 0.436. The molecule has 19 heavy (non-hydrogen) atoms. The van der Waals surface area contributed by atoms with E-state index < -0.39 is 45.3 Å². The Balaban J connectivity index is 3.22. The number of carbonyl (C=O) groups is 1. The van der Waals surface area contributed by atoms with Gasteiger partial charge >= 0.3 is 5.51 Å². The summed E-state index contributed by atoms with van der Waals surface area (Å²) in [4.78, 5) is 10.4. The number of rotatable bonds is 4. The molecule has 0 aliphatic carbocycles. The number of halogens is 6. The van der Waals surface area contributed by atoms with E-state index in [0.717, 1.165) is 25.1 Å². The normalized spacial score (nSPS) is 13.7. The van der Waals surface area contributed by atoms with E-state index >= 15 is 0 Å². The summed E-state index contributed by atoms with van der Waals surface area (Å²) in [5, 5.41) is -1.15. The number of hydrogen-bond donors (Lipinski definition) is 0. The first-order chi connectivity index (χ1) is 8.61.